The summed E-state index contributed by atoms with van der Waals surface area (Å²) in [6.07, 6.45) is 11.3. The summed E-state index contributed by atoms with van der Waals surface area (Å²) in [5.74, 6) is 0. The molecule has 2 aliphatic heterocycles. The van der Waals surface area contributed by atoms with E-state index in [9.17, 15) is 13.0 Å². The highest BCUT2D eigenvalue weighted by molar-refractivity contribution is 7.85. The first kappa shape index (κ1) is 36.0. The van der Waals surface area contributed by atoms with Crippen LogP contribution in [-0.4, -0.2) is 36.3 Å². The molecule has 0 saturated heterocycles. The number of likely N-dealkylation sites (N-methyl/N-ethyl adjacent to an activating group) is 1. The molecule has 2 heterocycles. The van der Waals surface area contributed by atoms with E-state index in [1.54, 1.807) is 6.07 Å². The first-order valence-corrected chi connectivity index (χ1v) is 20.6. The normalized spacial score (nSPS) is 19.4. The Morgan fingerprint density at radius 1 is 0.778 bits per heavy atom. The summed E-state index contributed by atoms with van der Waals surface area (Å²) < 4.78 is 36.0. The molecule has 5 aromatic carbocycles. The maximum Gasteiger partial charge on any atom is 0.294 e. The Balaban J connectivity index is 1.21. The maximum absolute atomic E-state index is 11.9. The van der Waals surface area contributed by atoms with Gasteiger partial charge in [0, 0.05) is 41.1 Å². The van der Waals surface area contributed by atoms with Crippen molar-refractivity contribution in [2.45, 2.75) is 77.0 Å². The van der Waals surface area contributed by atoms with E-state index in [2.05, 4.69) is 149 Å². The molecule has 5 nitrogen and oxygen atoms in total. The van der Waals surface area contributed by atoms with Crippen LogP contribution < -0.4 is 4.90 Å². The number of hydrogen-bond acceptors (Lipinski definition) is 3. The molecule has 0 radical (unpaired) electrons. The predicted molar refractivity (Wildman–Crippen MR) is 225 cm³/mol. The lowest BCUT2D eigenvalue weighted by Crippen LogP contribution is -2.27. The van der Waals surface area contributed by atoms with Gasteiger partial charge in [-0.1, -0.05) is 92.2 Å². The van der Waals surface area contributed by atoms with Gasteiger partial charge in [0.2, 0.25) is 5.69 Å². The average Bonchev–Trinajstić information content (AvgIpc) is 3.73. The highest BCUT2D eigenvalue weighted by Gasteiger charge is 2.45. The number of nitrogens with zero attached hydrogens (tertiary/aromatic N) is 2. The molecule has 6 heteroatoms. The van der Waals surface area contributed by atoms with E-state index in [4.69, 9.17) is 0 Å². The van der Waals surface area contributed by atoms with E-state index < -0.39 is 10.1 Å². The molecule has 8 rings (SSSR count). The smallest absolute Gasteiger partial charge is 0.294 e. The molecule has 1 N–H and O–H groups in total. The Kier molecular flexibility index (Phi) is 8.70. The fraction of sp³-hybridized carbons (Fsp3) is 0.271. The van der Waals surface area contributed by atoms with E-state index in [-0.39, 0.29) is 15.7 Å². The molecule has 1 aliphatic carbocycles. The highest BCUT2D eigenvalue weighted by Crippen LogP contribution is 2.51. The number of rotatable bonds is 7. The molecule has 0 saturated carbocycles. The van der Waals surface area contributed by atoms with Crippen LogP contribution in [0.15, 0.2) is 137 Å². The van der Waals surface area contributed by atoms with Crippen molar-refractivity contribution in [3.05, 3.63) is 154 Å². The lowest BCUT2D eigenvalue weighted by atomic mass is 9.79. The Labute approximate surface area is 320 Å². The van der Waals surface area contributed by atoms with Crippen molar-refractivity contribution in [2.24, 2.45) is 0 Å². The van der Waals surface area contributed by atoms with Gasteiger partial charge < -0.3 is 4.90 Å². The van der Waals surface area contributed by atoms with Crippen LogP contribution in [0.25, 0.3) is 27.1 Å². The number of allylic oxidation sites excluding steroid dienone is 8. The summed E-state index contributed by atoms with van der Waals surface area (Å²) in [6.45, 7) is 17.5. The molecule has 0 bridgehead atoms. The maximum atomic E-state index is 11.9. The predicted octanol–water partition coefficient (Wildman–Crippen LogP) is 11.4. The molecular weight excluding hydrogens is 685 g/mol. The van der Waals surface area contributed by atoms with E-state index >= 15 is 0 Å². The lowest BCUT2D eigenvalue weighted by Gasteiger charge is -2.26. The molecule has 0 spiro atoms. The Hall–Kier alpha value is -5.04. The zero-order chi connectivity index (χ0) is 38.2. The van der Waals surface area contributed by atoms with E-state index in [1.165, 1.54) is 72.9 Å². The van der Waals surface area contributed by atoms with Crippen molar-refractivity contribution in [1.29, 1.82) is 0 Å². The third-order valence-electron chi connectivity index (χ3n) is 12.0. The summed E-state index contributed by atoms with van der Waals surface area (Å²) in [4.78, 5) is 2.41. The minimum absolute atomic E-state index is 0.0877. The molecule has 0 atom stereocenters. The van der Waals surface area contributed by atoms with Crippen LogP contribution >= 0.6 is 0 Å². The quantitative estimate of drug-likeness (QED) is 0.134. The third-order valence-corrected chi connectivity index (χ3v) is 12.8. The van der Waals surface area contributed by atoms with Gasteiger partial charge in [-0.15, -0.1) is 0 Å². The summed E-state index contributed by atoms with van der Waals surface area (Å²) in [5.41, 5.74) is 13.5. The summed E-state index contributed by atoms with van der Waals surface area (Å²) >= 11 is 0. The van der Waals surface area contributed by atoms with Crippen molar-refractivity contribution in [2.75, 3.05) is 18.0 Å². The Bertz CT molecular complexity index is 2660. The number of benzene rings is 5. The lowest BCUT2D eigenvalue weighted by molar-refractivity contribution is -0.433. The van der Waals surface area contributed by atoms with Crippen LogP contribution in [0.1, 0.15) is 76.6 Å². The fourth-order valence-corrected chi connectivity index (χ4v) is 10.0. The van der Waals surface area contributed by atoms with Crippen molar-refractivity contribution < 1.29 is 17.5 Å². The zero-order valence-corrected chi connectivity index (χ0v) is 33.2. The van der Waals surface area contributed by atoms with E-state index in [0.29, 0.717) is 0 Å². The van der Waals surface area contributed by atoms with Gasteiger partial charge in [0.25, 0.3) is 10.1 Å². The summed E-state index contributed by atoms with van der Waals surface area (Å²) in [6, 6.07) is 31.2. The van der Waals surface area contributed by atoms with Crippen molar-refractivity contribution >= 4 is 54.3 Å². The molecule has 274 valence electrons. The van der Waals surface area contributed by atoms with E-state index in [0.717, 1.165) is 42.4 Å². The first-order chi connectivity index (χ1) is 25.7. The topological polar surface area (TPSA) is 60.6 Å². The summed E-state index contributed by atoms with van der Waals surface area (Å²) in [5, 5.41) is 4.43. The molecule has 54 heavy (non-hydrogen) atoms. The average molecular weight is 734 g/mol. The van der Waals surface area contributed by atoms with Crippen LogP contribution in [0, 0.1) is 6.92 Å². The molecule has 0 aromatic heterocycles. The minimum Gasteiger partial charge on any atom is -0.344 e. The minimum atomic E-state index is -4.30. The zero-order valence-electron chi connectivity index (χ0n) is 32.4. The SMILES string of the molecule is CCN1/C(=C/C=C2\CCC(/C=C/C3=[N+](CC)c4ccc5cc(S(=O)(=O)O)ccc5c4C3(C)C)=C2c2ccccc2)C(C)(C)c2c1ccc1cc(C)ccc21. The van der Waals surface area contributed by atoms with Crippen LogP contribution in [-0.2, 0) is 20.9 Å². The van der Waals surface area contributed by atoms with Crippen LogP contribution in [0.5, 0.6) is 0 Å². The number of fused-ring (bicyclic) bond motifs is 6. The van der Waals surface area contributed by atoms with Crippen LogP contribution in [0.2, 0.25) is 0 Å². The standard InChI is InChI=1S/C48H48N2O3S/c1-8-49-40-25-18-35-29-31(3)15-23-38(35)45(40)47(4,5)42(49)27-20-33-16-17-34(44(33)32-13-11-10-12-14-32)21-28-43-48(6,7)46-39-24-22-37(54(51,52)53)30-36(39)19-26-41(46)50(43)9-2/h10-15,18-30H,8-9,16-17H2,1-7H3/p+1. The van der Waals surface area contributed by atoms with E-state index in [1.807, 2.05) is 12.1 Å². The van der Waals surface area contributed by atoms with Crippen LogP contribution in [0.3, 0.4) is 0 Å². The Morgan fingerprint density at radius 2 is 1.48 bits per heavy atom. The third kappa shape index (κ3) is 5.70. The number of aryl methyl sites for hydroxylation is 1. The van der Waals surface area contributed by atoms with Gasteiger partial charge in [0.15, 0.2) is 5.71 Å². The van der Waals surface area contributed by atoms with Crippen molar-refractivity contribution in [3.8, 4) is 0 Å². The van der Waals surface area contributed by atoms with Gasteiger partial charge in [-0.05, 0) is 127 Å². The van der Waals surface area contributed by atoms with Gasteiger partial charge >= 0.3 is 0 Å². The van der Waals surface area contributed by atoms with Gasteiger partial charge in [0.05, 0.1) is 10.3 Å². The second-order valence-corrected chi connectivity index (χ2v) is 17.4. The molecular formula is C48H49N2O3S+. The van der Waals surface area contributed by atoms with Gasteiger partial charge in [-0.2, -0.15) is 13.0 Å². The first-order valence-electron chi connectivity index (χ1n) is 19.1. The number of hydrogen-bond donors (Lipinski definition) is 1. The van der Waals surface area contributed by atoms with Gasteiger partial charge in [-0.3, -0.25) is 4.55 Å². The van der Waals surface area contributed by atoms with Gasteiger partial charge in [0.1, 0.15) is 6.54 Å². The molecule has 0 amide bonds. The second kappa shape index (κ2) is 13.1. The Morgan fingerprint density at radius 3 is 2.20 bits per heavy atom. The van der Waals surface area contributed by atoms with Crippen molar-refractivity contribution in [1.82, 2.24) is 0 Å². The molecule has 0 unspecified atom stereocenters. The highest BCUT2D eigenvalue weighted by atomic mass is 32.2. The molecule has 0 fully saturated rings. The molecule has 5 aromatic rings. The van der Waals surface area contributed by atoms with Crippen molar-refractivity contribution in [3.63, 3.8) is 0 Å². The largest absolute Gasteiger partial charge is 0.344 e. The molecule has 3 aliphatic rings. The van der Waals surface area contributed by atoms with Gasteiger partial charge in [-0.25, -0.2) is 0 Å². The fourth-order valence-electron chi connectivity index (χ4n) is 9.52. The second-order valence-electron chi connectivity index (χ2n) is 16.0. The van der Waals surface area contributed by atoms with Crippen LogP contribution in [0.4, 0.5) is 11.4 Å². The number of anilines is 1. The monoisotopic (exact) mass is 733 g/mol. The summed E-state index contributed by atoms with van der Waals surface area (Å²) in [7, 11) is -4.30.